The number of halogens is 2. The van der Waals surface area contributed by atoms with E-state index in [4.69, 9.17) is 11.5 Å². The molecule has 0 bridgehead atoms. The highest BCUT2D eigenvalue weighted by Crippen LogP contribution is 2.31. The van der Waals surface area contributed by atoms with Gasteiger partial charge in [0.05, 0.1) is 11.4 Å². The summed E-state index contributed by atoms with van der Waals surface area (Å²) in [7, 11) is 0. The molecule has 0 unspecified atom stereocenters. The molecule has 0 aromatic heterocycles. The number of nitrogens with one attached hydrogen (secondary N) is 2. The fraction of sp³-hybridized carbons (Fsp3) is 0.667. The molecular weight excluding hydrogens is 363 g/mol. The van der Waals surface area contributed by atoms with Crippen LogP contribution >= 0.6 is 23.5 Å². The maximum absolute atomic E-state index is 5.71. The highest BCUT2D eigenvalue weighted by Gasteiger charge is 2.30. The van der Waals surface area contributed by atoms with Crippen LogP contribution in [0.1, 0.15) is 33.1 Å². The summed E-state index contributed by atoms with van der Waals surface area (Å²) in [5.41, 5.74) is 13.7. The molecule has 22 heavy (non-hydrogen) atoms. The number of hydrazone groups is 2. The van der Waals surface area contributed by atoms with Crippen LogP contribution in [-0.2, 0) is 0 Å². The first-order valence-electron chi connectivity index (χ1n) is 6.32. The van der Waals surface area contributed by atoms with Crippen LogP contribution < -0.4 is 46.5 Å². The van der Waals surface area contributed by atoms with Gasteiger partial charge in [0, 0.05) is 6.42 Å². The first kappa shape index (κ1) is 23.8. The van der Waals surface area contributed by atoms with Crippen molar-refractivity contribution >= 4 is 45.3 Å². The molecule has 0 aromatic rings. The van der Waals surface area contributed by atoms with Crippen molar-refractivity contribution in [1.82, 2.24) is 0 Å². The van der Waals surface area contributed by atoms with Crippen molar-refractivity contribution in [3.05, 3.63) is 0 Å². The van der Waals surface area contributed by atoms with E-state index in [1.54, 1.807) is 0 Å². The van der Waals surface area contributed by atoms with Crippen molar-refractivity contribution < 1.29 is 35.0 Å². The minimum Gasteiger partial charge on any atom is -1.00 e. The lowest BCUT2D eigenvalue weighted by atomic mass is 9.75. The smallest absolute Gasteiger partial charge is 0.326 e. The summed E-state index contributed by atoms with van der Waals surface area (Å²) in [6, 6.07) is 0. The fourth-order valence-electron chi connectivity index (χ4n) is 2.05. The number of rotatable bonds is 2. The van der Waals surface area contributed by atoms with Gasteiger partial charge in [-0.2, -0.15) is 0 Å². The second-order valence-corrected chi connectivity index (χ2v) is 7.11. The van der Waals surface area contributed by atoms with Crippen molar-refractivity contribution in [3.63, 3.8) is 0 Å². The third kappa shape index (κ3) is 8.87. The molecule has 1 saturated carbocycles. The Kier molecular flexibility index (Phi) is 12.1. The van der Waals surface area contributed by atoms with Gasteiger partial charge >= 0.3 is 10.3 Å². The predicted octanol–water partition coefficient (Wildman–Crippen LogP) is -7.57. The van der Waals surface area contributed by atoms with Gasteiger partial charge in [-0.25, -0.2) is 0 Å². The zero-order chi connectivity index (χ0) is 15.2. The molecule has 128 valence electrons. The standard InChI is InChI=1S/C12H22N6S2.2ClH/c1-12(2)6-8(15-17-10(13)19-3)5-9(7-12)16-18-11(14)20-4;;/h5-7H2,1-4H3,(H2,13,17)(H2,14,18);2*1H/b15-8+,16-9+;;. The van der Waals surface area contributed by atoms with E-state index in [1.807, 2.05) is 12.5 Å². The lowest BCUT2D eigenvalue weighted by Crippen LogP contribution is -3.00. The lowest BCUT2D eigenvalue weighted by Gasteiger charge is -2.29. The zero-order valence-corrected chi connectivity index (χ0v) is 16.4. The minimum atomic E-state index is 0. The molecule has 0 spiro atoms. The Hall–Kier alpha value is -0.440. The summed E-state index contributed by atoms with van der Waals surface area (Å²) in [4.78, 5) is 0. The molecule has 0 saturated heterocycles. The molecule has 0 heterocycles. The summed E-state index contributed by atoms with van der Waals surface area (Å²) < 4.78 is 0. The summed E-state index contributed by atoms with van der Waals surface area (Å²) in [5.74, 6) is 0. The van der Waals surface area contributed by atoms with Gasteiger partial charge in [-0.3, -0.25) is 11.5 Å². The molecule has 1 aliphatic rings. The van der Waals surface area contributed by atoms with Crippen LogP contribution in [0.15, 0.2) is 10.2 Å². The lowest BCUT2D eigenvalue weighted by molar-refractivity contribution is -0.461. The molecule has 6 nitrogen and oxygen atoms in total. The van der Waals surface area contributed by atoms with Gasteiger partial charge in [0.1, 0.15) is 0 Å². The monoisotopic (exact) mass is 386 g/mol. The van der Waals surface area contributed by atoms with Crippen LogP contribution in [0.4, 0.5) is 0 Å². The number of hydrogen-bond acceptors (Lipinski definition) is 4. The second kappa shape index (κ2) is 11.2. The second-order valence-electron chi connectivity index (χ2n) is 5.41. The Morgan fingerprint density at radius 3 is 1.64 bits per heavy atom. The van der Waals surface area contributed by atoms with Gasteiger partial charge in [0.2, 0.25) is 0 Å². The Labute approximate surface area is 153 Å². The largest absolute Gasteiger partial charge is 1.00 e. The van der Waals surface area contributed by atoms with Crippen molar-refractivity contribution in [3.8, 4) is 0 Å². The quantitative estimate of drug-likeness (QED) is 0.215. The van der Waals surface area contributed by atoms with E-state index in [0.717, 1.165) is 30.7 Å². The summed E-state index contributed by atoms with van der Waals surface area (Å²) in [6.07, 6.45) is 6.42. The summed E-state index contributed by atoms with van der Waals surface area (Å²) in [5, 5.41) is 15.7. The van der Waals surface area contributed by atoms with E-state index < -0.39 is 0 Å². The van der Waals surface area contributed by atoms with Crippen molar-refractivity contribution in [2.24, 2.45) is 27.1 Å². The average Bonchev–Trinajstić information content (AvgIpc) is 2.40. The van der Waals surface area contributed by atoms with E-state index >= 15 is 0 Å². The maximum Gasteiger partial charge on any atom is 0.326 e. The van der Waals surface area contributed by atoms with Gasteiger partial charge < -0.3 is 24.8 Å². The molecule has 0 amide bonds. The third-order valence-corrected chi connectivity index (χ3v) is 3.92. The number of nitrogens with two attached hydrogens (primary N) is 2. The summed E-state index contributed by atoms with van der Waals surface area (Å²) in [6.45, 7) is 4.42. The number of nitrogens with zero attached hydrogens (tertiary/aromatic N) is 2. The molecule has 1 rings (SSSR count). The molecule has 0 aromatic carbocycles. The highest BCUT2D eigenvalue weighted by molar-refractivity contribution is 8.13. The normalized spacial score (nSPS) is 22.2. The van der Waals surface area contributed by atoms with Gasteiger partial charge in [0.15, 0.2) is 0 Å². The molecular formula is C12H24Cl2N6S2. The van der Waals surface area contributed by atoms with Crippen LogP contribution in [0, 0.1) is 5.41 Å². The zero-order valence-electron chi connectivity index (χ0n) is 13.2. The van der Waals surface area contributed by atoms with E-state index in [-0.39, 0.29) is 30.2 Å². The Morgan fingerprint density at radius 1 is 0.955 bits per heavy atom. The van der Waals surface area contributed by atoms with E-state index in [2.05, 4.69) is 34.3 Å². The Balaban J connectivity index is 0. The van der Waals surface area contributed by atoms with Crippen LogP contribution in [0.25, 0.3) is 0 Å². The number of hydrogen-bond donors (Lipinski definition) is 4. The molecule has 10 heteroatoms. The first-order valence-corrected chi connectivity index (χ1v) is 8.77. The minimum absolute atomic E-state index is 0. The van der Waals surface area contributed by atoms with Crippen LogP contribution in [0.3, 0.4) is 0 Å². The first-order chi connectivity index (χ1) is 9.36. The van der Waals surface area contributed by atoms with Crippen molar-refractivity contribution in [2.45, 2.75) is 33.1 Å². The molecule has 6 N–H and O–H groups in total. The van der Waals surface area contributed by atoms with Gasteiger partial charge in [-0.1, -0.05) is 24.1 Å². The third-order valence-electron chi connectivity index (χ3n) is 2.86. The molecule has 0 atom stereocenters. The van der Waals surface area contributed by atoms with Crippen LogP contribution in [0.5, 0.6) is 0 Å². The topological polar surface area (TPSA) is 105 Å². The van der Waals surface area contributed by atoms with Gasteiger partial charge in [0.25, 0.3) is 0 Å². The molecule has 1 fully saturated rings. The van der Waals surface area contributed by atoms with Gasteiger partial charge in [-0.05, 0) is 54.3 Å². The van der Waals surface area contributed by atoms with Gasteiger partial charge in [-0.15, -0.1) is 10.2 Å². The van der Waals surface area contributed by atoms with Crippen molar-refractivity contribution in [2.75, 3.05) is 12.5 Å². The van der Waals surface area contributed by atoms with Crippen LogP contribution in [0.2, 0.25) is 0 Å². The Morgan fingerprint density at radius 2 is 1.32 bits per heavy atom. The predicted molar refractivity (Wildman–Crippen MR) is 89.8 cm³/mol. The van der Waals surface area contributed by atoms with E-state index in [0.29, 0.717) is 10.3 Å². The Bertz CT molecular complexity index is 434. The SMILES string of the molecule is CS/C(N)=[NH+]/N=C1\C/C(=N\[NH+]=C(/N)SC)CC(C)(C)C1.[Cl-].[Cl-]. The van der Waals surface area contributed by atoms with E-state index in [1.165, 1.54) is 23.5 Å². The molecule has 0 aliphatic heterocycles. The van der Waals surface area contributed by atoms with E-state index in [9.17, 15) is 0 Å². The maximum atomic E-state index is 5.71. The molecule has 0 radical (unpaired) electrons. The average molecular weight is 387 g/mol. The highest BCUT2D eigenvalue weighted by atomic mass is 35.5. The van der Waals surface area contributed by atoms with Crippen LogP contribution in [-0.4, -0.2) is 34.3 Å². The number of thioether (sulfide) groups is 2. The number of amidine groups is 2. The van der Waals surface area contributed by atoms with Crippen molar-refractivity contribution in [1.29, 1.82) is 0 Å². The summed E-state index contributed by atoms with van der Waals surface area (Å²) >= 11 is 2.88. The molecule has 1 aliphatic carbocycles. The fourth-order valence-corrected chi connectivity index (χ4v) is 2.32.